The van der Waals surface area contributed by atoms with Crippen molar-refractivity contribution in [3.63, 3.8) is 0 Å². The highest BCUT2D eigenvalue weighted by molar-refractivity contribution is 7.89. The number of benzene rings is 1. The lowest BCUT2D eigenvalue weighted by Crippen LogP contribution is -2.52. The van der Waals surface area contributed by atoms with Gasteiger partial charge in [0.2, 0.25) is 10.0 Å². The lowest BCUT2D eigenvalue weighted by Gasteiger charge is -2.34. The maximum absolute atomic E-state index is 12.6. The summed E-state index contributed by atoms with van der Waals surface area (Å²) >= 11 is 0. The number of carbonyl (C=O) groups is 1. The number of hydrogen-bond donors (Lipinski definition) is 2. The fourth-order valence-electron chi connectivity index (χ4n) is 2.59. The third-order valence-corrected chi connectivity index (χ3v) is 5.57. The molecule has 1 amide bonds. The number of nitrogens with zero attached hydrogens (tertiary/aromatic N) is 1. The van der Waals surface area contributed by atoms with Gasteiger partial charge in [0.15, 0.2) is 0 Å². The lowest BCUT2D eigenvalue weighted by atomic mass is 10.1. The zero-order valence-corrected chi connectivity index (χ0v) is 13.4. The molecule has 120 valence electrons. The van der Waals surface area contributed by atoms with E-state index in [4.69, 9.17) is 0 Å². The van der Waals surface area contributed by atoms with Crippen LogP contribution in [0.4, 0.5) is 0 Å². The van der Waals surface area contributed by atoms with Crippen LogP contribution in [0.15, 0.2) is 29.2 Å². The molecule has 0 aromatic heterocycles. The molecule has 1 atom stereocenters. The van der Waals surface area contributed by atoms with Crippen molar-refractivity contribution < 1.29 is 13.2 Å². The van der Waals surface area contributed by atoms with Gasteiger partial charge in [0.1, 0.15) is 0 Å². The van der Waals surface area contributed by atoms with Crippen LogP contribution in [0.3, 0.4) is 0 Å². The predicted molar refractivity (Wildman–Crippen MR) is 83.2 cm³/mol. The summed E-state index contributed by atoms with van der Waals surface area (Å²) in [6, 6.07) is 6.46. The van der Waals surface area contributed by atoms with Crippen molar-refractivity contribution in [2.45, 2.75) is 36.7 Å². The molecule has 7 heteroatoms. The number of rotatable bonds is 4. The molecule has 2 fully saturated rings. The van der Waals surface area contributed by atoms with Crippen molar-refractivity contribution in [3.8, 4) is 0 Å². The van der Waals surface area contributed by atoms with E-state index in [1.807, 2.05) is 6.92 Å². The first-order chi connectivity index (χ1) is 10.5. The molecule has 6 nitrogen and oxygen atoms in total. The predicted octanol–water partition coefficient (Wildman–Crippen LogP) is 0.561. The van der Waals surface area contributed by atoms with Crippen LogP contribution in [-0.2, 0) is 10.0 Å². The van der Waals surface area contributed by atoms with Crippen LogP contribution in [-0.4, -0.2) is 50.9 Å². The molecule has 1 saturated carbocycles. The summed E-state index contributed by atoms with van der Waals surface area (Å²) in [5, 5.41) is 3.24. The van der Waals surface area contributed by atoms with Crippen molar-refractivity contribution in [1.29, 1.82) is 0 Å². The minimum absolute atomic E-state index is 0.0533. The average Bonchev–Trinajstić information content (AvgIpc) is 3.30. The first kappa shape index (κ1) is 15.5. The first-order valence-corrected chi connectivity index (χ1v) is 9.10. The largest absolute Gasteiger partial charge is 0.333 e. The van der Waals surface area contributed by atoms with Gasteiger partial charge >= 0.3 is 0 Å². The molecule has 3 rings (SSSR count). The van der Waals surface area contributed by atoms with E-state index in [0.29, 0.717) is 12.1 Å². The molecule has 1 aliphatic heterocycles. The fraction of sp³-hybridized carbons (Fsp3) is 0.533. The molecule has 1 aliphatic carbocycles. The van der Waals surface area contributed by atoms with Crippen molar-refractivity contribution >= 4 is 15.9 Å². The summed E-state index contributed by atoms with van der Waals surface area (Å²) in [4.78, 5) is 14.6. The quantitative estimate of drug-likeness (QED) is 0.849. The van der Waals surface area contributed by atoms with Crippen LogP contribution in [0.1, 0.15) is 30.1 Å². The molecule has 0 radical (unpaired) electrons. The van der Waals surface area contributed by atoms with Gasteiger partial charge in [-0.3, -0.25) is 4.79 Å². The second-order valence-electron chi connectivity index (χ2n) is 5.98. The van der Waals surface area contributed by atoms with Gasteiger partial charge < -0.3 is 10.2 Å². The summed E-state index contributed by atoms with van der Waals surface area (Å²) in [6.45, 7) is 4.14. The number of piperazine rings is 1. The average molecular weight is 323 g/mol. The van der Waals surface area contributed by atoms with Gasteiger partial charge in [-0.2, -0.15) is 0 Å². The van der Waals surface area contributed by atoms with E-state index >= 15 is 0 Å². The minimum atomic E-state index is -3.53. The van der Waals surface area contributed by atoms with Crippen LogP contribution in [0.25, 0.3) is 0 Å². The second-order valence-corrected chi connectivity index (χ2v) is 7.69. The molecule has 0 spiro atoms. The summed E-state index contributed by atoms with van der Waals surface area (Å²) in [6.07, 6.45) is 1.77. The zero-order valence-electron chi connectivity index (χ0n) is 12.6. The van der Waals surface area contributed by atoms with Crippen LogP contribution in [0, 0.1) is 0 Å². The number of carbonyl (C=O) groups excluding carboxylic acids is 1. The Kier molecular flexibility index (Phi) is 4.20. The summed E-state index contributed by atoms with van der Waals surface area (Å²) in [5.74, 6) is -0.113. The van der Waals surface area contributed by atoms with Crippen LogP contribution in [0.2, 0.25) is 0 Å². The van der Waals surface area contributed by atoms with Gasteiger partial charge in [-0.15, -0.1) is 0 Å². The number of amides is 1. The van der Waals surface area contributed by atoms with E-state index in [9.17, 15) is 13.2 Å². The Hall–Kier alpha value is -1.44. The van der Waals surface area contributed by atoms with Crippen molar-refractivity contribution in [1.82, 2.24) is 14.9 Å². The Labute approximate surface area is 130 Å². The number of sulfonamides is 1. The van der Waals surface area contributed by atoms with Gasteiger partial charge in [0.25, 0.3) is 5.91 Å². The molecule has 22 heavy (non-hydrogen) atoms. The highest BCUT2D eigenvalue weighted by Crippen LogP contribution is 2.23. The highest BCUT2D eigenvalue weighted by Gasteiger charge is 2.29. The maximum atomic E-state index is 12.6. The number of hydrogen-bond acceptors (Lipinski definition) is 4. The van der Waals surface area contributed by atoms with Gasteiger partial charge in [-0.1, -0.05) is 6.07 Å². The SMILES string of the molecule is CC1CNCCN1C(=O)c1cccc(S(=O)(=O)NC2CC2)c1. The molecule has 1 unspecified atom stereocenters. The smallest absolute Gasteiger partial charge is 0.254 e. The number of nitrogens with one attached hydrogen (secondary N) is 2. The maximum Gasteiger partial charge on any atom is 0.254 e. The van der Waals surface area contributed by atoms with Crippen molar-refractivity contribution in [2.75, 3.05) is 19.6 Å². The van der Waals surface area contributed by atoms with Crippen LogP contribution in [0.5, 0.6) is 0 Å². The third-order valence-electron chi connectivity index (χ3n) is 4.05. The standard InChI is InChI=1S/C15H21N3O3S/c1-11-10-16-7-8-18(11)15(19)12-3-2-4-14(9-12)22(20,21)17-13-5-6-13/h2-4,9,11,13,16-17H,5-8,10H2,1H3. The van der Waals surface area contributed by atoms with Crippen LogP contribution >= 0.6 is 0 Å². The van der Waals surface area contributed by atoms with Gasteiger partial charge in [-0.05, 0) is 38.0 Å². The van der Waals surface area contributed by atoms with E-state index in [1.165, 1.54) is 12.1 Å². The van der Waals surface area contributed by atoms with E-state index in [2.05, 4.69) is 10.0 Å². The Morgan fingerprint density at radius 1 is 1.36 bits per heavy atom. The summed E-state index contributed by atoms with van der Waals surface area (Å²) < 4.78 is 27.1. The molecular weight excluding hydrogens is 302 g/mol. The monoisotopic (exact) mass is 323 g/mol. The summed E-state index contributed by atoms with van der Waals surface area (Å²) in [5.41, 5.74) is 0.424. The Morgan fingerprint density at radius 2 is 2.14 bits per heavy atom. The molecule has 2 N–H and O–H groups in total. The van der Waals surface area contributed by atoms with Crippen molar-refractivity contribution in [3.05, 3.63) is 29.8 Å². The Morgan fingerprint density at radius 3 is 2.82 bits per heavy atom. The molecular formula is C15H21N3O3S. The van der Waals surface area contributed by atoms with E-state index in [1.54, 1.807) is 17.0 Å². The van der Waals surface area contributed by atoms with Gasteiger partial charge in [0.05, 0.1) is 4.90 Å². The van der Waals surface area contributed by atoms with Crippen LogP contribution < -0.4 is 10.0 Å². The lowest BCUT2D eigenvalue weighted by molar-refractivity contribution is 0.0655. The molecule has 1 aromatic rings. The molecule has 1 saturated heterocycles. The molecule has 1 aromatic carbocycles. The summed E-state index contributed by atoms with van der Waals surface area (Å²) in [7, 11) is -3.53. The van der Waals surface area contributed by atoms with Gasteiger partial charge in [-0.25, -0.2) is 13.1 Å². The van der Waals surface area contributed by atoms with Crippen molar-refractivity contribution in [2.24, 2.45) is 0 Å². The first-order valence-electron chi connectivity index (χ1n) is 7.61. The molecule has 2 aliphatic rings. The molecule has 1 heterocycles. The molecule has 0 bridgehead atoms. The van der Waals surface area contributed by atoms with E-state index in [0.717, 1.165) is 25.9 Å². The Balaban J connectivity index is 1.82. The zero-order chi connectivity index (χ0) is 15.7. The topological polar surface area (TPSA) is 78.5 Å². The minimum Gasteiger partial charge on any atom is -0.333 e. The van der Waals surface area contributed by atoms with E-state index in [-0.39, 0.29) is 22.9 Å². The highest BCUT2D eigenvalue weighted by atomic mass is 32.2. The second kappa shape index (κ2) is 5.98. The third kappa shape index (κ3) is 3.31. The normalized spacial score (nSPS) is 22.6. The fourth-order valence-corrected chi connectivity index (χ4v) is 3.94. The van der Waals surface area contributed by atoms with E-state index < -0.39 is 10.0 Å². The van der Waals surface area contributed by atoms with Gasteiger partial charge in [0, 0.05) is 37.3 Å². The Bertz CT molecular complexity index is 670.